The molecule has 1 amide bonds. The van der Waals surface area contributed by atoms with E-state index in [1.807, 2.05) is 31.2 Å². The van der Waals surface area contributed by atoms with Crippen molar-refractivity contribution in [2.24, 2.45) is 0 Å². The monoisotopic (exact) mass is 407 g/mol. The van der Waals surface area contributed by atoms with E-state index < -0.39 is 10.0 Å². The summed E-state index contributed by atoms with van der Waals surface area (Å²) in [5.41, 5.74) is 2.04. The second-order valence-electron chi connectivity index (χ2n) is 6.46. The number of nitrogens with zero attached hydrogens (tertiary/aromatic N) is 2. The standard InChI is InChI=1S/C19H22ClN3O3S/c1-15-2-6-17(7-3-15)21-14-19(24)22-10-12-23(13-11-22)27(25,26)18-8-4-16(20)5-9-18/h2-9,21H,10-14H2,1H3. The summed E-state index contributed by atoms with van der Waals surface area (Å²) in [6.07, 6.45) is 0. The maximum atomic E-state index is 12.7. The van der Waals surface area contributed by atoms with E-state index >= 15 is 0 Å². The van der Waals surface area contributed by atoms with Crippen molar-refractivity contribution in [2.45, 2.75) is 11.8 Å². The second kappa shape index (κ2) is 8.29. The summed E-state index contributed by atoms with van der Waals surface area (Å²) in [5, 5.41) is 3.60. The van der Waals surface area contributed by atoms with Crippen molar-refractivity contribution >= 4 is 33.2 Å². The number of halogens is 1. The number of sulfonamides is 1. The first-order chi connectivity index (χ1) is 12.9. The van der Waals surface area contributed by atoms with Crippen molar-refractivity contribution in [2.75, 3.05) is 38.0 Å². The van der Waals surface area contributed by atoms with Gasteiger partial charge in [0.05, 0.1) is 11.4 Å². The molecule has 0 aromatic heterocycles. The first-order valence-corrected chi connectivity index (χ1v) is 10.5. The number of carbonyl (C=O) groups excluding carboxylic acids is 1. The van der Waals surface area contributed by atoms with E-state index in [2.05, 4.69) is 5.32 Å². The minimum absolute atomic E-state index is 0.0425. The molecule has 0 saturated carbocycles. The number of hydrogen-bond donors (Lipinski definition) is 1. The van der Waals surface area contributed by atoms with Crippen molar-refractivity contribution in [1.82, 2.24) is 9.21 Å². The van der Waals surface area contributed by atoms with Crippen LogP contribution in [0.15, 0.2) is 53.4 Å². The van der Waals surface area contributed by atoms with E-state index in [4.69, 9.17) is 11.6 Å². The molecule has 0 bridgehead atoms. The Morgan fingerprint density at radius 1 is 1.00 bits per heavy atom. The maximum Gasteiger partial charge on any atom is 0.243 e. The molecule has 6 nitrogen and oxygen atoms in total. The second-order valence-corrected chi connectivity index (χ2v) is 8.83. The van der Waals surface area contributed by atoms with E-state index in [0.29, 0.717) is 18.1 Å². The lowest BCUT2D eigenvalue weighted by atomic mass is 10.2. The summed E-state index contributed by atoms with van der Waals surface area (Å²) >= 11 is 5.82. The third-order valence-corrected chi connectivity index (χ3v) is 6.70. The highest BCUT2D eigenvalue weighted by Crippen LogP contribution is 2.20. The molecule has 1 fully saturated rings. The van der Waals surface area contributed by atoms with Crippen LogP contribution in [0.4, 0.5) is 5.69 Å². The van der Waals surface area contributed by atoms with Crippen LogP contribution in [-0.4, -0.2) is 56.3 Å². The number of carbonyl (C=O) groups is 1. The van der Waals surface area contributed by atoms with Crippen LogP contribution in [0.5, 0.6) is 0 Å². The number of nitrogens with one attached hydrogen (secondary N) is 1. The molecule has 2 aromatic rings. The number of piperazine rings is 1. The molecule has 1 heterocycles. The van der Waals surface area contributed by atoms with Gasteiger partial charge in [0.2, 0.25) is 15.9 Å². The summed E-state index contributed by atoms with van der Waals surface area (Å²) in [5.74, 6) is -0.0425. The van der Waals surface area contributed by atoms with Crippen LogP contribution >= 0.6 is 11.6 Å². The third kappa shape index (κ3) is 4.80. The Morgan fingerprint density at radius 3 is 2.19 bits per heavy atom. The molecular formula is C19H22ClN3O3S. The molecule has 1 saturated heterocycles. The lowest BCUT2D eigenvalue weighted by Gasteiger charge is -2.34. The molecule has 2 aromatic carbocycles. The third-order valence-electron chi connectivity index (χ3n) is 4.54. The van der Waals surface area contributed by atoms with Gasteiger partial charge >= 0.3 is 0 Å². The van der Waals surface area contributed by atoms with E-state index in [-0.39, 0.29) is 30.4 Å². The Balaban J connectivity index is 1.54. The molecule has 0 aliphatic carbocycles. The van der Waals surface area contributed by atoms with Gasteiger partial charge in [-0.25, -0.2) is 8.42 Å². The highest BCUT2D eigenvalue weighted by Gasteiger charge is 2.29. The van der Waals surface area contributed by atoms with Crippen LogP contribution in [0.2, 0.25) is 5.02 Å². The molecule has 1 aliphatic rings. The lowest BCUT2D eigenvalue weighted by Crippen LogP contribution is -2.51. The normalized spacial score (nSPS) is 15.6. The summed E-state index contributed by atoms with van der Waals surface area (Å²) in [6.45, 7) is 3.50. The van der Waals surface area contributed by atoms with Gasteiger partial charge in [0, 0.05) is 36.9 Å². The average molecular weight is 408 g/mol. The van der Waals surface area contributed by atoms with E-state index in [9.17, 15) is 13.2 Å². The van der Waals surface area contributed by atoms with Gasteiger partial charge in [-0.2, -0.15) is 4.31 Å². The summed E-state index contributed by atoms with van der Waals surface area (Å²) in [6, 6.07) is 13.9. The van der Waals surface area contributed by atoms with Gasteiger partial charge in [-0.15, -0.1) is 0 Å². The largest absolute Gasteiger partial charge is 0.376 e. The van der Waals surface area contributed by atoms with Crippen molar-refractivity contribution in [1.29, 1.82) is 0 Å². The minimum Gasteiger partial charge on any atom is -0.376 e. The molecule has 0 atom stereocenters. The molecule has 144 valence electrons. The first kappa shape index (κ1) is 19.7. The van der Waals surface area contributed by atoms with Crippen LogP contribution in [0.25, 0.3) is 0 Å². The maximum absolute atomic E-state index is 12.7. The van der Waals surface area contributed by atoms with Gasteiger partial charge < -0.3 is 10.2 Å². The molecule has 1 aliphatic heterocycles. The van der Waals surface area contributed by atoms with Crippen molar-refractivity contribution in [3.63, 3.8) is 0 Å². The minimum atomic E-state index is -3.57. The van der Waals surface area contributed by atoms with E-state index in [0.717, 1.165) is 11.3 Å². The summed E-state index contributed by atoms with van der Waals surface area (Å²) in [4.78, 5) is 14.3. The lowest BCUT2D eigenvalue weighted by molar-refractivity contribution is -0.130. The smallest absolute Gasteiger partial charge is 0.243 e. The highest BCUT2D eigenvalue weighted by atomic mass is 35.5. The average Bonchev–Trinajstić information content (AvgIpc) is 2.68. The Bertz CT molecular complexity index is 891. The van der Waals surface area contributed by atoms with Crippen LogP contribution in [0, 0.1) is 6.92 Å². The molecule has 3 rings (SSSR count). The fraction of sp³-hybridized carbons (Fsp3) is 0.316. The summed E-state index contributed by atoms with van der Waals surface area (Å²) < 4.78 is 26.8. The quantitative estimate of drug-likeness (QED) is 0.827. The number of rotatable bonds is 5. The van der Waals surface area contributed by atoms with Crippen LogP contribution in [-0.2, 0) is 14.8 Å². The van der Waals surface area contributed by atoms with Crippen molar-refractivity contribution in [3.8, 4) is 0 Å². The van der Waals surface area contributed by atoms with Gasteiger partial charge in [0.1, 0.15) is 0 Å². The zero-order valence-corrected chi connectivity index (χ0v) is 16.6. The number of aryl methyl sites for hydroxylation is 1. The highest BCUT2D eigenvalue weighted by molar-refractivity contribution is 7.89. The topological polar surface area (TPSA) is 69.7 Å². The SMILES string of the molecule is Cc1ccc(NCC(=O)N2CCN(S(=O)(=O)c3ccc(Cl)cc3)CC2)cc1. The Hall–Kier alpha value is -2.09. The fourth-order valence-corrected chi connectivity index (χ4v) is 4.44. The molecule has 8 heteroatoms. The Kier molecular flexibility index (Phi) is 6.04. The zero-order chi connectivity index (χ0) is 19.4. The van der Waals surface area contributed by atoms with Gasteiger partial charge in [-0.3, -0.25) is 4.79 Å². The van der Waals surface area contributed by atoms with Gasteiger partial charge in [0.15, 0.2) is 0 Å². The van der Waals surface area contributed by atoms with Crippen molar-refractivity contribution in [3.05, 3.63) is 59.1 Å². The molecule has 0 unspecified atom stereocenters. The Labute approximate surface area is 164 Å². The zero-order valence-electron chi connectivity index (χ0n) is 15.1. The number of benzene rings is 2. The molecule has 0 radical (unpaired) electrons. The predicted molar refractivity (Wildman–Crippen MR) is 106 cm³/mol. The van der Waals surface area contributed by atoms with Crippen LogP contribution < -0.4 is 5.32 Å². The van der Waals surface area contributed by atoms with Crippen molar-refractivity contribution < 1.29 is 13.2 Å². The molecule has 27 heavy (non-hydrogen) atoms. The predicted octanol–water partition coefficient (Wildman–Crippen LogP) is 2.59. The van der Waals surface area contributed by atoms with Gasteiger partial charge in [-0.1, -0.05) is 29.3 Å². The number of amides is 1. The van der Waals surface area contributed by atoms with Gasteiger partial charge in [0.25, 0.3) is 0 Å². The summed E-state index contributed by atoms with van der Waals surface area (Å²) in [7, 11) is -3.57. The molecular weight excluding hydrogens is 386 g/mol. The van der Waals surface area contributed by atoms with Crippen LogP contribution in [0.1, 0.15) is 5.56 Å². The van der Waals surface area contributed by atoms with E-state index in [1.54, 1.807) is 17.0 Å². The number of anilines is 1. The fourth-order valence-electron chi connectivity index (χ4n) is 2.89. The Morgan fingerprint density at radius 2 is 1.59 bits per heavy atom. The van der Waals surface area contributed by atoms with Gasteiger partial charge in [-0.05, 0) is 43.3 Å². The number of hydrogen-bond acceptors (Lipinski definition) is 4. The first-order valence-electron chi connectivity index (χ1n) is 8.70. The molecule has 0 spiro atoms. The molecule has 1 N–H and O–H groups in total. The van der Waals surface area contributed by atoms with Crippen LogP contribution in [0.3, 0.4) is 0 Å². The van der Waals surface area contributed by atoms with E-state index in [1.165, 1.54) is 16.4 Å².